The topological polar surface area (TPSA) is 120 Å². The Hall–Kier alpha value is -4.36. The molecule has 0 atom stereocenters. The summed E-state index contributed by atoms with van der Waals surface area (Å²) in [6, 6.07) is 13.5. The molecule has 9 nitrogen and oxygen atoms in total. The molecule has 3 N–H and O–H groups in total. The van der Waals surface area contributed by atoms with E-state index in [4.69, 9.17) is 26.4 Å². The first-order valence-electron chi connectivity index (χ1n) is 9.79. The largest absolute Gasteiger partial charge is 0.493 e. The zero-order valence-electron chi connectivity index (χ0n) is 18.1. The highest BCUT2D eigenvalue weighted by Crippen LogP contribution is 2.38. The van der Waals surface area contributed by atoms with Crippen LogP contribution in [0.4, 0.5) is 5.82 Å². The molecule has 0 unspecified atom stereocenters. The Bertz CT molecular complexity index is 1430. The lowest BCUT2D eigenvalue weighted by Crippen LogP contribution is -2.02. The second-order valence-corrected chi connectivity index (χ2v) is 7.22. The predicted octanol–water partition coefficient (Wildman–Crippen LogP) is 4.63. The van der Waals surface area contributed by atoms with Crippen molar-refractivity contribution in [1.29, 1.82) is 5.26 Å². The van der Waals surface area contributed by atoms with Gasteiger partial charge in [0, 0.05) is 28.2 Å². The fraction of sp³-hybridized carbons (Fsp3) is 0.130. The number of fused-ring (bicyclic) bond motifs is 1. The summed E-state index contributed by atoms with van der Waals surface area (Å²) in [6.07, 6.45) is 3.38. The Morgan fingerprint density at radius 2 is 1.85 bits per heavy atom. The van der Waals surface area contributed by atoms with Gasteiger partial charge in [-0.15, -0.1) is 0 Å². The van der Waals surface area contributed by atoms with Gasteiger partial charge in [0.25, 0.3) is 0 Å². The van der Waals surface area contributed by atoms with Crippen molar-refractivity contribution < 1.29 is 14.2 Å². The summed E-state index contributed by atoms with van der Waals surface area (Å²) in [5.74, 6) is 1.72. The van der Waals surface area contributed by atoms with E-state index in [1.54, 1.807) is 18.3 Å². The van der Waals surface area contributed by atoms with Gasteiger partial charge in [0.2, 0.25) is 5.75 Å². The van der Waals surface area contributed by atoms with Gasteiger partial charge < -0.3 is 24.2 Å². The molecule has 0 amide bonds. The maximum atomic E-state index is 9.88. The Kier molecular flexibility index (Phi) is 6.24. The van der Waals surface area contributed by atoms with E-state index in [0.29, 0.717) is 28.5 Å². The molecule has 0 aliphatic heterocycles. The molecule has 2 aromatic carbocycles. The number of aromatic nitrogens is 3. The molecule has 0 radical (unpaired) electrons. The molecule has 0 fully saturated rings. The van der Waals surface area contributed by atoms with E-state index in [0.717, 1.165) is 16.5 Å². The van der Waals surface area contributed by atoms with E-state index in [-0.39, 0.29) is 16.2 Å². The van der Waals surface area contributed by atoms with Crippen molar-refractivity contribution in [2.45, 2.75) is 0 Å². The molecule has 0 spiro atoms. The molecule has 4 rings (SSSR count). The minimum atomic E-state index is 0.222. The second kappa shape index (κ2) is 9.42. The van der Waals surface area contributed by atoms with Gasteiger partial charge in [-0.1, -0.05) is 18.2 Å². The van der Waals surface area contributed by atoms with Gasteiger partial charge in [-0.2, -0.15) is 15.3 Å². The van der Waals surface area contributed by atoms with Crippen molar-refractivity contribution in [3.8, 4) is 34.6 Å². The van der Waals surface area contributed by atoms with Crippen molar-refractivity contribution in [3.63, 3.8) is 0 Å². The van der Waals surface area contributed by atoms with Crippen LogP contribution in [0.5, 0.6) is 17.2 Å². The van der Waals surface area contributed by atoms with Gasteiger partial charge in [0.15, 0.2) is 22.1 Å². The molecular formula is C23H20N6O3S. The Balaban J connectivity index is 1.71. The number of hydrogen-bond donors (Lipinski definition) is 3. The van der Waals surface area contributed by atoms with E-state index < -0.39 is 0 Å². The fourth-order valence-corrected chi connectivity index (χ4v) is 3.68. The minimum absolute atomic E-state index is 0.222. The SMILES string of the molecule is COc1cc(C=NNc2nc(=S)[nH]c(-c3c[nH]c4ccccc34)c2C#N)cc(OC)c1OC. The molecule has 0 bridgehead atoms. The van der Waals surface area contributed by atoms with Gasteiger partial charge in [-0.05, 0) is 30.4 Å². The maximum Gasteiger partial charge on any atom is 0.203 e. The number of benzene rings is 2. The molecule has 0 saturated carbocycles. The number of H-pyrrole nitrogens is 2. The summed E-state index contributed by atoms with van der Waals surface area (Å²) in [6.45, 7) is 0. The van der Waals surface area contributed by atoms with Crippen molar-refractivity contribution in [1.82, 2.24) is 15.0 Å². The predicted molar refractivity (Wildman–Crippen MR) is 129 cm³/mol. The van der Waals surface area contributed by atoms with E-state index in [2.05, 4.69) is 31.5 Å². The van der Waals surface area contributed by atoms with Gasteiger partial charge in [-0.25, -0.2) is 0 Å². The first-order valence-corrected chi connectivity index (χ1v) is 10.2. The number of hydrazone groups is 1. The van der Waals surface area contributed by atoms with E-state index in [9.17, 15) is 5.26 Å². The number of methoxy groups -OCH3 is 3. The summed E-state index contributed by atoms with van der Waals surface area (Å²) in [7, 11) is 4.61. The van der Waals surface area contributed by atoms with Crippen LogP contribution in [0.1, 0.15) is 11.1 Å². The maximum absolute atomic E-state index is 9.88. The van der Waals surface area contributed by atoms with E-state index >= 15 is 0 Å². The van der Waals surface area contributed by atoms with E-state index in [1.165, 1.54) is 21.3 Å². The summed E-state index contributed by atoms with van der Waals surface area (Å²) >= 11 is 5.30. The van der Waals surface area contributed by atoms with Crippen LogP contribution in [0.25, 0.3) is 22.2 Å². The summed E-state index contributed by atoms with van der Waals surface area (Å²) in [5, 5.41) is 15.1. The first-order chi connectivity index (χ1) is 16.1. The molecule has 33 heavy (non-hydrogen) atoms. The molecule has 2 aromatic heterocycles. The standard InChI is InChI=1S/C23H20N6O3S/c1-30-18-8-13(9-19(31-2)21(18)32-3)11-26-29-22-15(10-24)20(27-23(33)28-22)16-12-25-17-7-5-4-6-14(16)17/h4-9,11-12,25H,1-3H3,(H2,27,28,29,33). The normalized spacial score (nSPS) is 10.8. The lowest BCUT2D eigenvalue weighted by Gasteiger charge is -2.12. The molecule has 0 aliphatic carbocycles. The van der Waals surface area contributed by atoms with Gasteiger partial charge in [-0.3, -0.25) is 5.43 Å². The summed E-state index contributed by atoms with van der Waals surface area (Å²) in [5.41, 5.74) is 6.12. The second-order valence-electron chi connectivity index (χ2n) is 6.83. The number of para-hydroxylation sites is 1. The molecule has 10 heteroatoms. The molecule has 4 aromatic rings. The molecule has 0 saturated heterocycles. The van der Waals surface area contributed by atoms with Crippen LogP contribution < -0.4 is 19.6 Å². The fourth-order valence-electron chi connectivity index (χ4n) is 3.49. The zero-order valence-corrected chi connectivity index (χ0v) is 18.9. The van der Waals surface area contributed by atoms with Crippen molar-refractivity contribution in [2.75, 3.05) is 26.8 Å². The zero-order chi connectivity index (χ0) is 23.4. The van der Waals surface area contributed by atoms with Crippen LogP contribution in [0.15, 0.2) is 47.7 Å². The van der Waals surface area contributed by atoms with Gasteiger partial charge in [0.05, 0.1) is 33.2 Å². The Morgan fingerprint density at radius 1 is 1.12 bits per heavy atom. The van der Waals surface area contributed by atoms with Crippen LogP contribution in [0.2, 0.25) is 0 Å². The number of hydrogen-bond acceptors (Lipinski definition) is 8. The van der Waals surface area contributed by atoms with Crippen LogP contribution in [0, 0.1) is 16.1 Å². The number of nitrogens with zero attached hydrogens (tertiary/aromatic N) is 3. The van der Waals surface area contributed by atoms with Crippen LogP contribution in [0.3, 0.4) is 0 Å². The molecule has 166 valence electrons. The lowest BCUT2D eigenvalue weighted by molar-refractivity contribution is 0.324. The highest BCUT2D eigenvalue weighted by molar-refractivity contribution is 7.71. The summed E-state index contributed by atoms with van der Waals surface area (Å²) in [4.78, 5) is 10.5. The van der Waals surface area contributed by atoms with Crippen LogP contribution in [-0.2, 0) is 0 Å². The summed E-state index contributed by atoms with van der Waals surface area (Å²) < 4.78 is 16.3. The molecule has 0 aliphatic rings. The van der Waals surface area contributed by atoms with Crippen molar-refractivity contribution >= 4 is 35.2 Å². The van der Waals surface area contributed by atoms with Crippen LogP contribution >= 0.6 is 12.2 Å². The quantitative estimate of drug-likeness (QED) is 0.209. The Labute approximate surface area is 194 Å². The number of anilines is 1. The number of nitrogens with one attached hydrogen (secondary N) is 3. The van der Waals surface area contributed by atoms with Gasteiger partial charge in [0.1, 0.15) is 11.6 Å². The van der Waals surface area contributed by atoms with Crippen LogP contribution in [-0.4, -0.2) is 42.5 Å². The monoisotopic (exact) mass is 460 g/mol. The van der Waals surface area contributed by atoms with Crippen molar-refractivity contribution in [2.24, 2.45) is 5.10 Å². The Morgan fingerprint density at radius 3 is 2.52 bits per heavy atom. The van der Waals surface area contributed by atoms with Gasteiger partial charge >= 0.3 is 0 Å². The average molecular weight is 461 g/mol. The third kappa shape index (κ3) is 4.22. The number of aromatic amines is 2. The highest BCUT2D eigenvalue weighted by Gasteiger charge is 2.16. The van der Waals surface area contributed by atoms with E-state index in [1.807, 2.05) is 30.5 Å². The third-order valence-corrected chi connectivity index (χ3v) is 5.17. The number of nitriles is 1. The number of ether oxygens (including phenoxy) is 3. The first kappa shape index (κ1) is 21.9. The highest BCUT2D eigenvalue weighted by atomic mass is 32.1. The average Bonchev–Trinajstić information content (AvgIpc) is 3.27. The number of rotatable bonds is 7. The minimum Gasteiger partial charge on any atom is -0.493 e. The molecular weight excluding hydrogens is 440 g/mol. The lowest BCUT2D eigenvalue weighted by atomic mass is 10.1. The molecule has 2 heterocycles. The van der Waals surface area contributed by atoms with Crippen molar-refractivity contribution in [3.05, 3.63) is 58.5 Å². The smallest absolute Gasteiger partial charge is 0.203 e. The third-order valence-electron chi connectivity index (χ3n) is 4.97.